The first-order chi connectivity index (χ1) is 7.25. The number of hydrogen-bond acceptors (Lipinski definition) is 4. The number of hydrogen-bond donors (Lipinski definition) is 2. The van der Waals surface area contributed by atoms with E-state index in [0.717, 1.165) is 44.8 Å². The summed E-state index contributed by atoms with van der Waals surface area (Å²) in [5.41, 5.74) is 5.44. The Bertz CT molecular complexity index is 195. The van der Waals surface area contributed by atoms with Crippen LogP contribution in [0.25, 0.3) is 0 Å². The second-order valence-corrected chi connectivity index (χ2v) is 4.82. The molecule has 0 spiro atoms. The highest BCUT2D eigenvalue weighted by Crippen LogP contribution is 2.10. The number of nitrogens with zero attached hydrogens (tertiary/aromatic N) is 1. The first kappa shape index (κ1) is 12.8. The highest BCUT2D eigenvalue weighted by molar-refractivity contribution is 7.98. The molecule has 3 N–H and O–H groups in total. The lowest BCUT2D eigenvalue weighted by Gasteiger charge is -2.33. The zero-order valence-corrected chi connectivity index (χ0v) is 10.2. The van der Waals surface area contributed by atoms with Gasteiger partial charge in [0.1, 0.15) is 0 Å². The predicted octanol–water partition coefficient (Wildman–Crippen LogP) is -0.111. The second kappa shape index (κ2) is 7.09. The molecular weight excluding hydrogens is 210 g/mol. The van der Waals surface area contributed by atoms with Gasteiger partial charge >= 0.3 is 0 Å². The fourth-order valence-corrected chi connectivity index (χ4v) is 2.37. The Hall–Kier alpha value is -0.260. The van der Waals surface area contributed by atoms with Gasteiger partial charge in [-0.05, 0) is 24.9 Å². The lowest BCUT2D eigenvalue weighted by molar-refractivity contribution is -0.123. The highest BCUT2D eigenvalue weighted by Gasteiger charge is 2.24. The van der Waals surface area contributed by atoms with Gasteiger partial charge in [-0.15, -0.1) is 0 Å². The van der Waals surface area contributed by atoms with Crippen LogP contribution in [0.4, 0.5) is 0 Å². The number of piperazine rings is 1. The van der Waals surface area contributed by atoms with Crippen molar-refractivity contribution >= 4 is 17.7 Å². The van der Waals surface area contributed by atoms with Crippen LogP contribution < -0.4 is 11.1 Å². The van der Waals surface area contributed by atoms with Gasteiger partial charge in [-0.1, -0.05) is 0 Å². The largest absolute Gasteiger partial charge is 0.368 e. The molecule has 1 aliphatic rings. The minimum absolute atomic E-state index is 0.0563. The van der Waals surface area contributed by atoms with Crippen molar-refractivity contribution in [1.29, 1.82) is 0 Å². The third-order valence-corrected chi connectivity index (χ3v) is 3.44. The minimum atomic E-state index is -0.169. The zero-order valence-electron chi connectivity index (χ0n) is 9.37. The molecule has 0 aromatic heterocycles. The van der Waals surface area contributed by atoms with E-state index >= 15 is 0 Å². The van der Waals surface area contributed by atoms with Crippen molar-refractivity contribution < 1.29 is 4.79 Å². The number of carbonyl (C=O) groups is 1. The van der Waals surface area contributed by atoms with Crippen molar-refractivity contribution in [3.63, 3.8) is 0 Å². The van der Waals surface area contributed by atoms with Crippen LogP contribution in [0.1, 0.15) is 12.8 Å². The van der Waals surface area contributed by atoms with Gasteiger partial charge in [-0.25, -0.2) is 0 Å². The Kier molecular flexibility index (Phi) is 6.05. The van der Waals surface area contributed by atoms with Gasteiger partial charge < -0.3 is 11.1 Å². The number of carbonyl (C=O) groups excluding carboxylic acids is 1. The van der Waals surface area contributed by atoms with Crippen molar-refractivity contribution in [1.82, 2.24) is 10.2 Å². The lowest BCUT2D eigenvalue weighted by Crippen LogP contribution is -2.52. The number of nitrogens with two attached hydrogens (primary N) is 1. The number of thioether (sulfide) groups is 1. The quantitative estimate of drug-likeness (QED) is 0.626. The molecule has 0 aliphatic carbocycles. The van der Waals surface area contributed by atoms with E-state index < -0.39 is 0 Å². The fourth-order valence-electron chi connectivity index (χ4n) is 1.92. The van der Waals surface area contributed by atoms with Gasteiger partial charge in [0.15, 0.2) is 0 Å². The molecule has 1 fully saturated rings. The number of rotatable bonds is 6. The molecule has 1 aliphatic heterocycles. The van der Waals surface area contributed by atoms with E-state index in [-0.39, 0.29) is 11.9 Å². The van der Waals surface area contributed by atoms with Gasteiger partial charge in [0, 0.05) is 26.2 Å². The van der Waals surface area contributed by atoms with Crippen molar-refractivity contribution in [3.05, 3.63) is 0 Å². The summed E-state index contributed by atoms with van der Waals surface area (Å²) < 4.78 is 0. The molecule has 1 saturated heterocycles. The van der Waals surface area contributed by atoms with E-state index in [9.17, 15) is 4.79 Å². The average Bonchev–Trinajstić information content (AvgIpc) is 2.25. The Morgan fingerprint density at radius 1 is 1.53 bits per heavy atom. The van der Waals surface area contributed by atoms with Crippen LogP contribution in [-0.4, -0.2) is 55.0 Å². The van der Waals surface area contributed by atoms with Gasteiger partial charge in [0.05, 0.1) is 6.04 Å². The molecule has 1 unspecified atom stereocenters. The van der Waals surface area contributed by atoms with Gasteiger partial charge in [-0.2, -0.15) is 11.8 Å². The summed E-state index contributed by atoms with van der Waals surface area (Å²) in [6.45, 7) is 3.80. The molecule has 15 heavy (non-hydrogen) atoms. The van der Waals surface area contributed by atoms with Crippen LogP contribution in [0.3, 0.4) is 0 Å². The topological polar surface area (TPSA) is 58.4 Å². The maximum atomic E-state index is 11.3. The van der Waals surface area contributed by atoms with Crippen LogP contribution in [0, 0.1) is 0 Å². The van der Waals surface area contributed by atoms with E-state index in [1.165, 1.54) is 0 Å². The van der Waals surface area contributed by atoms with Crippen molar-refractivity contribution in [3.8, 4) is 0 Å². The standard InChI is InChI=1S/C10H21N3OS/c1-15-8-2-3-9(10(11)14)13-6-4-12-5-7-13/h9,12H,2-8H2,1H3,(H2,11,14). The van der Waals surface area contributed by atoms with E-state index in [1.54, 1.807) is 0 Å². The summed E-state index contributed by atoms with van der Waals surface area (Å²) in [6.07, 6.45) is 4.05. The molecule has 0 radical (unpaired) electrons. The molecule has 88 valence electrons. The first-order valence-corrected chi connectivity index (χ1v) is 6.88. The second-order valence-electron chi connectivity index (χ2n) is 3.84. The molecule has 0 bridgehead atoms. The van der Waals surface area contributed by atoms with E-state index in [0.29, 0.717) is 0 Å². The van der Waals surface area contributed by atoms with E-state index in [4.69, 9.17) is 5.73 Å². The van der Waals surface area contributed by atoms with Gasteiger partial charge in [0.25, 0.3) is 0 Å². The van der Waals surface area contributed by atoms with Crippen LogP contribution in [0.15, 0.2) is 0 Å². The lowest BCUT2D eigenvalue weighted by atomic mass is 10.1. The Morgan fingerprint density at radius 2 is 2.20 bits per heavy atom. The van der Waals surface area contributed by atoms with Crippen LogP contribution >= 0.6 is 11.8 Å². The molecule has 1 amide bonds. The van der Waals surface area contributed by atoms with Crippen LogP contribution in [0.5, 0.6) is 0 Å². The normalized spacial score (nSPS) is 20.1. The van der Waals surface area contributed by atoms with Crippen molar-refractivity contribution in [2.24, 2.45) is 5.73 Å². The van der Waals surface area contributed by atoms with E-state index in [1.807, 2.05) is 11.8 Å². The summed E-state index contributed by atoms with van der Waals surface area (Å²) in [4.78, 5) is 13.6. The average molecular weight is 231 g/mol. The van der Waals surface area contributed by atoms with Gasteiger partial charge in [0.2, 0.25) is 5.91 Å². The molecule has 0 aromatic rings. The molecule has 1 heterocycles. The predicted molar refractivity (Wildman–Crippen MR) is 65.0 cm³/mol. The maximum absolute atomic E-state index is 11.3. The van der Waals surface area contributed by atoms with Crippen molar-refractivity contribution in [2.75, 3.05) is 38.2 Å². The fraction of sp³-hybridized carbons (Fsp3) is 0.900. The third-order valence-electron chi connectivity index (χ3n) is 2.75. The molecule has 1 atom stereocenters. The highest BCUT2D eigenvalue weighted by atomic mass is 32.2. The third kappa shape index (κ3) is 4.40. The first-order valence-electron chi connectivity index (χ1n) is 5.48. The Morgan fingerprint density at radius 3 is 2.73 bits per heavy atom. The molecule has 4 nitrogen and oxygen atoms in total. The summed E-state index contributed by atoms with van der Waals surface area (Å²) in [5, 5.41) is 3.28. The summed E-state index contributed by atoms with van der Waals surface area (Å²) in [7, 11) is 0. The number of amides is 1. The minimum Gasteiger partial charge on any atom is -0.368 e. The molecule has 0 aromatic carbocycles. The molecule has 5 heteroatoms. The number of nitrogens with one attached hydrogen (secondary N) is 1. The van der Waals surface area contributed by atoms with Gasteiger partial charge in [-0.3, -0.25) is 9.69 Å². The Balaban J connectivity index is 2.37. The monoisotopic (exact) mass is 231 g/mol. The summed E-state index contributed by atoms with van der Waals surface area (Å²) >= 11 is 1.82. The smallest absolute Gasteiger partial charge is 0.234 e. The zero-order chi connectivity index (χ0) is 11.1. The molecule has 1 rings (SSSR count). The SMILES string of the molecule is CSCCCC(C(N)=O)N1CCNCC1. The Labute approximate surface area is 96.0 Å². The van der Waals surface area contributed by atoms with Crippen LogP contribution in [-0.2, 0) is 4.79 Å². The summed E-state index contributed by atoms with van der Waals surface area (Å²) in [5.74, 6) is 0.938. The molecule has 0 saturated carbocycles. The number of primary amides is 1. The molecular formula is C10H21N3OS. The van der Waals surface area contributed by atoms with Crippen LogP contribution in [0.2, 0.25) is 0 Å². The van der Waals surface area contributed by atoms with Crippen molar-refractivity contribution in [2.45, 2.75) is 18.9 Å². The summed E-state index contributed by atoms with van der Waals surface area (Å²) in [6, 6.07) is -0.0563. The van der Waals surface area contributed by atoms with E-state index in [2.05, 4.69) is 16.5 Å². The maximum Gasteiger partial charge on any atom is 0.234 e.